The number of nitrogens with two attached hydrogens (primary N) is 1. The molecule has 1 heterocycles. The van der Waals surface area contributed by atoms with Crippen LogP contribution < -0.4 is 11.1 Å². The highest BCUT2D eigenvalue weighted by molar-refractivity contribution is 9.10. The van der Waals surface area contributed by atoms with E-state index in [2.05, 4.69) is 21.2 Å². The average Bonchev–Trinajstić information content (AvgIpc) is 2.85. The SMILES string of the molecule is NC(=O)[C@@H]1N[C@@H]1c1ccc(Br)cc1. The van der Waals surface area contributed by atoms with Gasteiger partial charge < -0.3 is 5.73 Å². The number of halogens is 1. The lowest BCUT2D eigenvalue weighted by Crippen LogP contribution is -2.20. The summed E-state index contributed by atoms with van der Waals surface area (Å²) in [7, 11) is 0. The molecule has 3 nitrogen and oxygen atoms in total. The monoisotopic (exact) mass is 240 g/mol. The minimum atomic E-state index is -0.284. The maximum atomic E-state index is 10.8. The van der Waals surface area contributed by atoms with Crippen LogP contribution in [0.2, 0.25) is 0 Å². The number of benzene rings is 1. The molecule has 13 heavy (non-hydrogen) atoms. The van der Waals surface area contributed by atoms with Crippen molar-refractivity contribution < 1.29 is 4.79 Å². The van der Waals surface area contributed by atoms with E-state index in [-0.39, 0.29) is 18.0 Å². The van der Waals surface area contributed by atoms with Crippen LogP contribution in [0.15, 0.2) is 28.7 Å². The van der Waals surface area contributed by atoms with Crippen LogP contribution in [0.5, 0.6) is 0 Å². The molecule has 0 radical (unpaired) electrons. The molecule has 1 saturated heterocycles. The second kappa shape index (κ2) is 3.12. The molecule has 2 atom stereocenters. The number of rotatable bonds is 2. The zero-order valence-corrected chi connectivity index (χ0v) is 8.41. The van der Waals surface area contributed by atoms with Crippen LogP contribution in [-0.2, 0) is 4.79 Å². The fraction of sp³-hybridized carbons (Fsp3) is 0.222. The summed E-state index contributed by atoms with van der Waals surface area (Å²) in [5.74, 6) is -0.284. The molecular weight excluding hydrogens is 232 g/mol. The van der Waals surface area contributed by atoms with E-state index in [0.717, 1.165) is 10.0 Å². The summed E-state index contributed by atoms with van der Waals surface area (Å²) >= 11 is 3.35. The lowest BCUT2D eigenvalue weighted by Gasteiger charge is -1.96. The second-order valence-corrected chi connectivity index (χ2v) is 3.99. The van der Waals surface area contributed by atoms with E-state index in [1.807, 2.05) is 24.3 Å². The van der Waals surface area contributed by atoms with Gasteiger partial charge >= 0.3 is 0 Å². The molecule has 0 aliphatic carbocycles. The van der Waals surface area contributed by atoms with E-state index in [0.29, 0.717) is 0 Å². The first-order chi connectivity index (χ1) is 6.18. The Morgan fingerprint density at radius 1 is 1.38 bits per heavy atom. The van der Waals surface area contributed by atoms with Gasteiger partial charge in [0.05, 0.1) is 6.04 Å². The largest absolute Gasteiger partial charge is 0.368 e. The molecule has 0 bridgehead atoms. The number of amides is 1. The van der Waals surface area contributed by atoms with Crippen LogP contribution in [-0.4, -0.2) is 11.9 Å². The Morgan fingerprint density at radius 2 is 2.00 bits per heavy atom. The Hall–Kier alpha value is -0.870. The van der Waals surface area contributed by atoms with Crippen molar-refractivity contribution in [2.24, 2.45) is 5.73 Å². The van der Waals surface area contributed by atoms with Gasteiger partial charge in [-0.05, 0) is 17.7 Å². The highest BCUT2D eigenvalue weighted by atomic mass is 79.9. The van der Waals surface area contributed by atoms with Gasteiger partial charge in [-0.1, -0.05) is 28.1 Å². The van der Waals surface area contributed by atoms with Gasteiger partial charge in [0, 0.05) is 4.47 Å². The van der Waals surface area contributed by atoms with E-state index < -0.39 is 0 Å². The van der Waals surface area contributed by atoms with Crippen molar-refractivity contribution in [2.75, 3.05) is 0 Å². The molecule has 4 heteroatoms. The molecule has 1 aromatic carbocycles. The lowest BCUT2D eigenvalue weighted by molar-refractivity contribution is -0.117. The van der Waals surface area contributed by atoms with Crippen LogP contribution >= 0.6 is 15.9 Å². The quantitative estimate of drug-likeness (QED) is 0.757. The maximum Gasteiger partial charge on any atom is 0.236 e. The first-order valence-corrected chi connectivity index (χ1v) is 4.78. The van der Waals surface area contributed by atoms with Gasteiger partial charge in [-0.3, -0.25) is 10.1 Å². The fourth-order valence-corrected chi connectivity index (χ4v) is 1.61. The van der Waals surface area contributed by atoms with Crippen LogP contribution in [0.3, 0.4) is 0 Å². The molecular formula is C9H9BrN2O. The van der Waals surface area contributed by atoms with Crippen molar-refractivity contribution in [1.82, 2.24) is 5.32 Å². The number of nitrogens with one attached hydrogen (secondary N) is 1. The normalized spacial score (nSPS) is 25.6. The average molecular weight is 241 g/mol. The molecule has 68 valence electrons. The summed E-state index contributed by atoms with van der Waals surface area (Å²) in [6.45, 7) is 0. The Kier molecular flexibility index (Phi) is 2.09. The third-order valence-corrected chi connectivity index (χ3v) is 2.65. The molecule has 1 aromatic rings. The molecule has 1 aliphatic rings. The lowest BCUT2D eigenvalue weighted by atomic mass is 10.1. The Bertz CT molecular complexity index is 336. The van der Waals surface area contributed by atoms with E-state index in [4.69, 9.17) is 5.73 Å². The molecule has 1 aliphatic heterocycles. The highest BCUT2D eigenvalue weighted by Crippen LogP contribution is 2.29. The molecule has 1 amide bonds. The van der Waals surface area contributed by atoms with Crippen LogP contribution in [0.1, 0.15) is 11.6 Å². The van der Waals surface area contributed by atoms with Gasteiger partial charge in [0.1, 0.15) is 6.04 Å². The fourth-order valence-electron chi connectivity index (χ4n) is 1.34. The molecule has 0 saturated carbocycles. The van der Waals surface area contributed by atoms with Gasteiger partial charge in [0.15, 0.2) is 0 Å². The zero-order chi connectivity index (χ0) is 9.42. The van der Waals surface area contributed by atoms with E-state index in [1.165, 1.54) is 0 Å². The topological polar surface area (TPSA) is 65.0 Å². The van der Waals surface area contributed by atoms with Crippen molar-refractivity contribution in [2.45, 2.75) is 12.1 Å². The summed E-state index contributed by atoms with van der Waals surface area (Å²) in [6.07, 6.45) is 0. The van der Waals surface area contributed by atoms with Crippen LogP contribution in [0, 0.1) is 0 Å². The first kappa shape index (κ1) is 8.72. The van der Waals surface area contributed by atoms with Gasteiger partial charge in [0.25, 0.3) is 0 Å². The minimum Gasteiger partial charge on any atom is -0.368 e. The van der Waals surface area contributed by atoms with Crippen molar-refractivity contribution >= 4 is 21.8 Å². The van der Waals surface area contributed by atoms with Crippen molar-refractivity contribution in [3.63, 3.8) is 0 Å². The third-order valence-electron chi connectivity index (χ3n) is 2.12. The number of carbonyl (C=O) groups is 1. The highest BCUT2D eigenvalue weighted by Gasteiger charge is 2.41. The van der Waals surface area contributed by atoms with Gasteiger partial charge in [-0.25, -0.2) is 0 Å². The number of hydrogen-bond donors (Lipinski definition) is 2. The number of hydrogen-bond acceptors (Lipinski definition) is 2. The summed E-state index contributed by atoms with van der Waals surface area (Å²) < 4.78 is 1.03. The maximum absolute atomic E-state index is 10.8. The summed E-state index contributed by atoms with van der Waals surface area (Å²) in [4.78, 5) is 10.8. The number of carbonyl (C=O) groups excluding carboxylic acids is 1. The molecule has 0 spiro atoms. The molecule has 0 unspecified atom stereocenters. The second-order valence-electron chi connectivity index (χ2n) is 3.08. The van der Waals surface area contributed by atoms with Gasteiger partial charge in [-0.15, -0.1) is 0 Å². The predicted octanol–water partition coefficient (Wildman–Crippen LogP) is 0.947. The summed E-state index contributed by atoms with van der Waals surface area (Å²) in [5.41, 5.74) is 6.25. The van der Waals surface area contributed by atoms with Gasteiger partial charge in [-0.2, -0.15) is 0 Å². The van der Waals surface area contributed by atoms with Crippen LogP contribution in [0.25, 0.3) is 0 Å². The van der Waals surface area contributed by atoms with E-state index >= 15 is 0 Å². The Labute approximate surface area is 84.4 Å². The van der Waals surface area contributed by atoms with Gasteiger partial charge in [0.2, 0.25) is 5.91 Å². The summed E-state index contributed by atoms with van der Waals surface area (Å²) in [5, 5.41) is 3.01. The van der Waals surface area contributed by atoms with Crippen molar-refractivity contribution in [3.8, 4) is 0 Å². The third kappa shape index (κ3) is 1.73. The van der Waals surface area contributed by atoms with Crippen molar-refractivity contribution in [1.29, 1.82) is 0 Å². The molecule has 3 N–H and O–H groups in total. The molecule has 0 aromatic heterocycles. The first-order valence-electron chi connectivity index (χ1n) is 3.99. The zero-order valence-electron chi connectivity index (χ0n) is 6.83. The van der Waals surface area contributed by atoms with E-state index in [1.54, 1.807) is 0 Å². The van der Waals surface area contributed by atoms with E-state index in [9.17, 15) is 4.79 Å². The standard InChI is InChI=1S/C9H9BrN2O/c10-6-3-1-5(2-4-6)7-8(12-7)9(11)13/h1-4,7-8,12H,(H2,11,13)/t7-,8-/m1/s1. The molecule has 2 rings (SSSR count). The smallest absolute Gasteiger partial charge is 0.236 e. The van der Waals surface area contributed by atoms with Crippen molar-refractivity contribution in [3.05, 3.63) is 34.3 Å². The Morgan fingerprint density at radius 3 is 2.46 bits per heavy atom. The molecule has 1 fully saturated rings. The number of primary amides is 1. The minimum absolute atomic E-state index is 0.116. The Balaban J connectivity index is 2.12. The summed E-state index contributed by atoms with van der Waals surface area (Å²) in [6, 6.07) is 7.79. The van der Waals surface area contributed by atoms with Crippen LogP contribution in [0.4, 0.5) is 0 Å². The predicted molar refractivity (Wildman–Crippen MR) is 53.0 cm³/mol.